The molecule has 108 valence electrons. The molecule has 1 heterocycles. The molecule has 0 amide bonds. The predicted octanol–water partition coefficient (Wildman–Crippen LogP) is 3.23. The van der Waals surface area contributed by atoms with Crippen LogP contribution in [0.4, 0.5) is 5.69 Å². The van der Waals surface area contributed by atoms with Crippen LogP contribution in [0.3, 0.4) is 0 Å². The number of thiocarbonyl (C=S) groups is 1. The van der Waals surface area contributed by atoms with E-state index in [0.717, 1.165) is 23.2 Å². The minimum atomic E-state index is 0.389. The maximum absolute atomic E-state index is 5.94. The van der Waals surface area contributed by atoms with Gasteiger partial charge in [-0.2, -0.15) is 0 Å². The first-order chi connectivity index (χ1) is 9.66. The molecule has 2 aliphatic rings. The van der Waals surface area contributed by atoms with Crippen LogP contribution in [-0.4, -0.2) is 30.3 Å². The van der Waals surface area contributed by atoms with Crippen molar-refractivity contribution in [3.05, 3.63) is 28.2 Å². The fraction of sp³-hybridized carbons (Fsp3) is 0.533. The lowest BCUT2D eigenvalue weighted by atomic mass is 9.89. The van der Waals surface area contributed by atoms with Crippen LogP contribution >= 0.6 is 28.1 Å². The summed E-state index contributed by atoms with van der Waals surface area (Å²) in [6.07, 6.45) is 5.37. The second-order valence-corrected chi connectivity index (χ2v) is 6.78. The lowest BCUT2D eigenvalue weighted by Gasteiger charge is -2.45. The van der Waals surface area contributed by atoms with E-state index in [1.165, 1.54) is 31.4 Å². The van der Waals surface area contributed by atoms with Crippen LogP contribution in [0.1, 0.15) is 31.2 Å². The number of fused-ring (bicyclic) bond motifs is 1. The van der Waals surface area contributed by atoms with E-state index >= 15 is 0 Å². The average Bonchev–Trinajstić information content (AvgIpc) is 2.46. The molecule has 0 radical (unpaired) electrons. The van der Waals surface area contributed by atoms with Crippen LogP contribution < -0.4 is 10.6 Å². The summed E-state index contributed by atoms with van der Waals surface area (Å²) in [6, 6.07) is 6.65. The van der Waals surface area contributed by atoms with Crippen LogP contribution in [0, 0.1) is 0 Å². The van der Waals surface area contributed by atoms with E-state index < -0.39 is 0 Å². The standard InChI is InChI=1S/C15H19BrN2OS/c16-11-9-10(15(17)20)5-6-12(11)18-7-8-19-14-4-2-1-3-13(14)18/h5-6,9,13-14H,1-4,7-8H2,(H2,17,20). The monoisotopic (exact) mass is 354 g/mol. The molecular weight excluding hydrogens is 336 g/mol. The number of morpholine rings is 1. The van der Waals surface area contributed by atoms with E-state index in [0.29, 0.717) is 17.1 Å². The summed E-state index contributed by atoms with van der Waals surface area (Å²) in [7, 11) is 0. The third-order valence-corrected chi connectivity index (χ3v) is 5.14. The van der Waals surface area contributed by atoms with Crippen LogP contribution in [0.5, 0.6) is 0 Å². The van der Waals surface area contributed by atoms with Gasteiger partial charge in [0, 0.05) is 16.6 Å². The number of nitrogens with two attached hydrogens (primary N) is 1. The number of hydrogen-bond acceptors (Lipinski definition) is 3. The SMILES string of the molecule is NC(=S)c1ccc(N2CCOC3CCCCC32)c(Br)c1. The molecule has 0 bridgehead atoms. The molecule has 3 rings (SSSR count). The van der Waals surface area contributed by atoms with Gasteiger partial charge in [0.25, 0.3) is 0 Å². The van der Waals surface area contributed by atoms with Crippen LogP contribution in [0.25, 0.3) is 0 Å². The highest BCUT2D eigenvalue weighted by Crippen LogP contribution is 2.35. The fourth-order valence-electron chi connectivity index (χ4n) is 3.29. The Balaban J connectivity index is 1.89. The van der Waals surface area contributed by atoms with Gasteiger partial charge in [-0.3, -0.25) is 0 Å². The average molecular weight is 355 g/mol. The highest BCUT2D eigenvalue weighted by molar-refractivity contribution is 9.10. The Morgan fingerprint density at radius 2 is 2.15 bits per heavy atom. The van der Waals surface area contributed by atoms with Crippen molar-refractivity contribution >= 4 is 38.8 Å². The summed E-state index contributed by atoms with van der Waals surface area (Å²) in [5, 5.41) is 0. The second-order valence-electron chi connectivity index (χ2n) is 5.48. The van der Waals surface area contributed by atoms with Crippen molar-refractivity contribution < 1.29 is 4.74 Å². The van der Waals surface area contributed by atoms with Crippen LogP contribution in [0.2, 0.25) is 0 Å². The van der Waals surface area contributed by atoms with E-state index in [2.05, 4.69) is 26.9 Å². The summed E-state index contributed by atoms with van der Waals surface area (Å²) in [4.78, 5) is 2.93. The first kappa shape index (κ1) is 14.3. The Morgan fingerprint density at radius 1 is 1.35 bits per heavy atom. The third-order valence-electron chi connectivity index (χ3n) is 4.27. The summed E-state index contributed by atoms with van der Waals surface area (Å²) < 4.78 is 7.00. The maximum Gasteiger partial charge on any atom is 0.104 e. The van der Waals surface area contributed by atoms with Crippen molar-refractivity contribution in [3.8, 4) is 0 Å². The number of halogens is 1. The number of rotatable bonds is 2. The molecule has 2 atom stereocenters. The van der Waals surface area contributed by atoms with E-state index in [9.17, 15) is 0 Å². The van der Waals surface area contributed by atoms with Gasteiger partial charge in [-0.25, -0.2) is 0 Å². The molecule has 0 spiro atoms. The summed E-state index contributed by atoms with van der Waals surface area (Å²) in [5.41, 5.74) is 7.83. The number of anilines is 1. The largest absolute Gasteiger partial charge is 0.389 e. The summed E-state index contributed by atoms with van der Waals surface area (Å²) in [5.74, 6) is 0. The van der Waals surface area contributed by atoms with Gasteiger partial charge < -0.3 is 15.4 Å². The zero-order valence-electron chi connectivity index (χ0n) is 11.3. The number of hydrogen-bond donors (Lipinski definition) is 1. The number of nitrogens with zero attached hydrogens (tertiary/aromatic N) is 1. The van der Waals surface area contributed by atoms with Gasteiger partial charge in [-0.1, -0.05) is 25.1 Å². The molecule has 3 nitrogen and oxygen atoms in total. The van der Waals surface area contributed by atoms with Gasteiger partial charge in [0.15, 0.2) is 0 Å². The van der Waals surface area contributed by atoms with Gasteiger partial charge in [0.2, 0.25) is 0 Å². The molecule has 1 aromatic carbocycles. The molecule has 1 saturated carbocycles. The minimum Gasteiger partial charge on any atom is -0.389 e. The predicted molar refractivity (Wildman–Crippen MR) is 89.4 cm³/mol. The Bertz CT molecular complexity index is 521. The van der Waals surface area contributed by atoms with Crippen LogP contribution in [0.15, 0.2) is 22.7 Å². The summed E-state index contributed by atoms with van der Waals surface area (Å²) >= 11 is 8.71. The van der Waals surface area contributed by atoms with Crippen molar-refractivity contribution in [3.63, 3.8) is 0 Å². The van der Waals surface area contributed by atoms with Gasteiger partial charge in [-0.15, -0.1) is 0 Å². The van der Waals surface area contributed by atoms with Gasteiger partial charge in [0.1, 0.15) is 4.99 Å². The normalized spacial score (nSPS) is 26.1. The van der Waals surface area contributed by atoms with E-state index in [1.807, 2.05) is 12.1 Å². The Kier molecular flexibility index (Phi) is 4.29. The number of ether oxygens (including phenoxy) is 1. The highest BCUT2D eigenvalue weighted by Gasteiger charge is 2.34. The Labute approximate surface area is 133 Å². The van der Waals surface area contributed by atoms with Gasteiger partial charge >= 0.3 is 0 Å². The minimum absolute atomic E-state index is 0.389. The molecule has 0 aromatic heterocycles. The Morgan fingerprint density at radius 3 is 2.90 bits per heavy atom. The molecule has 2 fully saturated rings. The molecule has 20 heavy (non-hydrogen) atoms. The molecule has 1 saturated heterocycles. The van der Waals surface area contributed by atoms with Gasteiger partial charge in [0.05, 0.1) is 24.4 Å². The first-order valence-electron chi connectivity index (χ1n) is 7.14. The van der Waals surface area contributed by atoms with Crippen molar-refractivity contribution in [2.75, 3.05) is 18.1 Å². The van der Waals surface area contributed by atoms with Crippen LogP contribution in [-0.2, 0) is 4.74 Å². The third kappa shape index (κ3) is 2.71. The molecule has 2 unspecified atom stereocenters. The quantitative estimate of drug-likeness (QED) is 0.827. The van der Waals surface area contributed by atoms with E-state index in [1.54, 1.807) is 0 Å². The van der Waals surface area contributed by atoms with E-state index in [4.69, 9.17) is 22.7 Å². The topological polar surface area (TPSA) is 38.5 Å². The smallest absolute Gasteiger partial charge is 0.104 e. The van der Waals surface area contributed by atoms with Crippen molar-refractivity contribution in [1.82, 2.24) is 0 Å². The lowest BCUT2D eigenvalue weighted by molar-refractivity contribution is -0.00872. The lowest BCUT2D eigenvalue weighted by Crippen LogP contribution is -2.53. The van der Waals surface area contributed by atoms with Crippen molar-refractivity contribution in [2.24, 2.45) is 5.73 Å². The van der Waals surface area contributed by atoms with Gasteiger partial charge in [-0.05, 0) is 47.0 Å². The Hall–Kier alpha value is -0.650. The highest BCUT2D eigenvalue weighted by atomic mass is 79.9. The maximum atomic E-state index is 5.94. The second kappa shape index (κ2) is 6.00. The molecule has 1 aromatic rings. The molecule has 2 N–H and O–H groups in total. The van der Waals surface area contributed by atoms with Crippen molar-refractivity contribution in [1.29, 1.82) is 0 Å². The van der Waals surface area contributed by atoms with Crippen molar-refractivity contribution in [2.45, 2.75) is 37.8 Å². The first-order valence-corrected chi connectivity index (χ1v) is 8.34. The molecular formula is C15H19BrN2OS. The zero-order valence-corrected chi connectivity index (χ0v) is 13.8. The molecule has 5 heteroatoms. The molecule has 1 aliphatic carbocycles. The number of benzene rings is 1. The van der Waals surface area contributed by atoms with E-state index in [-0.39, 0.29) is 0 Å². The fourth-order valence-corrected chi connectivity index (χ4v) is 4.02. The molecule has 1 aliphatic heterocycles. The summed E-state index contributed by atoms with van der Waals surface area (Å²) in [6.45, 7) is 1.76. The zero-order chi connectivity index (χ0) is 14.1.